The number of aliphatic hydroxyl groups excluding tert-OH is 1. The number of rotatable bonds is 5. The smallest absolute Gasteiger partial charge is 0.237 e. The van der Waals surface area contributed by atoms with Crippen molar-refractivity contribution in [1.82, 2.24) is 10.2 Å². The predicted molar refractivity (Wildman–Crippen MR) is 68.7 cm³/mol. The number of amides is 1. The molecule has 2 N–H and O–H groups in total. The zero-order chi connectivity index (χ0) is 13.0. The maximum absolute atomic E-state index is 11.9. The second-order valence-electron chi connectivity index (χ2n) is 5.60. The Hall–Kier alpha value is -0.610. The summed E-state index contributed by atoms with van der Waals surface area (Å²) in [5.41, 5.74) is 0. The summed E-state index contributed by atoms with van der Waals surface area (Å²) in [5, 5.41) is 12.5. The van der Waals surface area contributed by atoms with E-state index >= 15 is 0 Å². The van der Waals surface area contributed by atoms with Gasteiger partial charge in [0.2, 0.25) is 5.91 Å². The number of hydrogen-bond acceptors (Lipinski definition) is 3. The monoisotopic (exact) mass is 242 g/mol. The van der Waals surface area contributed by atoms with E-state index in [1.54, 1.807) is 0 Å². The van der Waals surface area contributed by atoms with E-state index in [-0.39, 0.29) is 18.1 Å². The lowest BCUT2D eigenvalue weighted by molar-refractivity contribution is -0.125. The molecule has 4 nitrogen and oxygen atoms in total. The summed E-state index contributed by atoms with van der Waals surface area (Å²) < 4.78 is 0. The highest BCUT2D eigenvalue weighted by Gasteiger charge is 2.31. The number of carbonyl (C=O) groups is 1. The molecule has 3 atom stereocenters. The van der Waals surface area contributed by atoms with Crippen molar-refractivity contribution in [1.29, 1.82) is 0 Å². The summed E-state index contributed by atoms with van der Waals surface area (Å²) >= 11 is 0. The van der Waals surface area contributed by atoms with Gasteiger partial charge < -0.3 is 10.4 Å². The second kappa shape index (κ2) is 6.36. The van der Waals surface area contributed by atoms with Crippen LogP contribution in [0.25, 0.3) is 0 Å². The van der Waals surface area contributed by atoms with Crippen molar-refractivity contribution in [3.05, 3.63) is 0 Å². The van der Waals surface area contributed by atoms with Gasteiger partial charge in [-0.25, -0.2) is 0 Å². The minimum absolute atomic E-state index is 0.0856. The molecule has 0 radical (unpaired) electrons. The Labute approximate surface area is 104 Å². The van der Waals surface area contributed by atoms with Crippen LogP contribution in [0.3, 0.4) is 0 Å². The van der Waals surface area contributed by atoms with Crippen LogP contribution in [0.2, 0.25) is 0 Å². The van der Waals surface area contributed by atoms with Gasteiger partial charge in [-0.15, -0.1) is 0 Å². The maximum Gasteiger partial charge on any atom is 0.237 e. The highest BCUT2D eigenvalue weighted by atomic mass is 16.3. The molecule has 0 aromatic rings. The third kappa shape index (κ3) is 4.28. The summed E-state index contributed by atoms with van der Waals surface area (Å²) in [5.74, 6) is 0.898. The van der Waals surface area contributed by atoms with Crippen molar-refractivity contribution >= 4 is 5.91 Å². The van der Waals surface area contributed by atoms with Gasteiger partial charge in [0, 0.05) is 13.1 Å². The Morgan fingerprint density at radius 1 is 1.41 bits per heavy atom. The van der Waals surface area contributed by atoms with Crippen LogP contribution in [0, 0.1) is 11.8 Å². The van der Waals surface area contributed by atoms with Gasteiger partial charge in [0.25, 0.3) is 0 Å². The van der Waals surface area contributed by atoms with Crippen LogP contribution in [0.5, 0.6) is 0 Å². The highest BCUT2D eigenvalue weighted by Crippen LogP contribution is 2.21. The molecule has 1 saturated heterocycles. The van der Waals surface area contributed by atoms with E-state index in [4.69, 9.17) is 0 Å². The highest BCUT2D eigenvalue weighted by molar-refractivity contribution is 5.81. The number of nitrogens with zero attached hydrogens (tertiary/aromatic N) is 1. The average molecular weight is 242 g/mol. The summed E-state index contributed by atoms with van der Waals surface area (Å²) in [7, 11) is 0. The standard InChI is InChI=1S/C13H26N2O2/c1-9(2)7-14-13(17)10(3)15-6-5-12(8-15)11(4)16/h9-12,16H,5-8H2,1-4H3,(H,14,17). The average Bonchev–Trinajstić information content (AvgIpc) is 2.73. The first-order valence-electron chi connectivity index (χ1n) is 6.61. The molecule has 3 unspecified atom stereocenters. The Kier molecular flexibility index (Phi) is 5.40. The van der Waals surface area contributed by atoms with Crippen molar-refractivity contribution in [2.45, 2.75) is 46.3 Å². The molecular weight excluding hydrogens is 216 g/mol. The molecule has 100 valence electrons. The Morgan fingerprint density at radius 3 is 2.53 bits per heavy atom. The molecule has 1 aliphatic heterocycles. The normalized spacial score (nSPS) is 24.9. The molecule has 1 fully saturated rings. The summed E-state index contributed by atoms with van der Waals surface area (Å²) in [6, 6.07) is -0.0856. The Bertz CT molecular complexity index is 254. The molecule has 1 heterocycles. The maximum atomic E-state index is 11.9. The van der Waals surface area contributed by atoms with Crippen molar-refractivity contribution < 1.29 is 9.90 Å². The van der Waals surface area contributed by atoms with Crippen LogP contribution in [0.1, 0.15) is 34.1 Å². The Balaban J connectivity index is 2.38. The minimum Gasteiger partial charge on any atom is -0.393 e. The molecule has 1 aliphatic rings. The summed E-state index contributed by atoms with van der Waals surface area (Å²) in [6.45, 7) is 10.4. The zero-order valence-corrected chi connectivity index (χ0v) is 11.4. The lowest BCUT2D eigenvalue weighted by Gasteiger charge is -2.24. The van der Waals surface area contributed by atoms with Crippen LogP contribution in [0.4, 0.5) is 0 Å². The quantitative estimate of drug-likeness (QED) is 0.751. The molecule has 0 aromatic carbocycles. The van der Waals surface area contributed by atoms with E-state index in [1.807, 2.05) is 13.8 Å². The summed E-state index contributed by atoms with van der Waals surface area (Å²) in [4.78, 5) is 14.1. The third-order valence-electron chi connectivity index (χ3n) is 3.55. The largest absolute Gasteiger partial charge is 0.393 e. The molecule has 0 saturated carbocycles. The lowest BCUT2D eigenvalue weighted by Crippen LogP contribution is -2.45. The fraction of sp³-hybridized carbons (Fsp3) is 0.923. The predicted octanol–water partition coefficient (Wildman–Crippen LogP) is 0.850. The van der Waals surface area contributed by atoms with E-state index in [0.717, 1.165) is 26.1 Å². The van der Waals surface area contributed by atoms with Crippen molar-refractivity contribution in [2.75, 3.05) is 19.6 Å². The molecule has 4 heteroatoms. The van der Waals surface area contributed by atoms with Gasteiger partial charge >= 0.3 is 0 Å². The SMILES string of the molecule is CC(C)CNC(=O)C(C)N1CCC(C(C)O)C1. The second-order valence-corrected chi connectivity index (χ2v) is 5.60. The fourth-order valence-corrected chi connectivity index (χ4v) is 2.18. The number of aliphatic hydroxyl groups is 1. The first-order valence-corrected chi connectivity index (χ1v) is 6.61. The molecule has 0 aliphatic carbocycles. The van der Waals surface area contributed by atoms with Gasteiger partial charge in [-0.05, 0) is 38.6 Å². The molecule has 1 amide bonds. The van der Waals surface area contributed by atoms with Crippen molar-refractivity contribution in [2.24, 2.45) is 11.8 Å². The van der Waals surface area contributed by atoms with Crippen LogP contribution < -0.4 is 5.32 Å². The fourth-order valence-electron chi connectivity index (χ4n) is 2.18. The minimum atomic E-state index is -0.272. The molecular formula is C13H26N2O2. The van der Waals surface area contributed by atoms with Crippen molar-refractivity contribution in [3.8, 4) is 0 Å². The van der Waals surface area contributed by atoms with Gasteiger partial charge in [0.05, 0.1) is 12.1 Å². The zero-order valence-electron chi connectivity index (χ0n) is 11.4. The molecule has 17 heavy (non-hydrogen) atoms. The van der Waals surface area contributed by atoms with E-state index in [2.05, 4.69) is 24.1 Å². The van der Waals surface area contributed by atoms with Crippen molar-refractivity contribution in [3.63, 3.8) is 0 Å². The number of hydrogen-bond donors (Lipinski definition) is 2. The van der Waals surface area contributed by atoms with Gasteiger partial charge in [-0.1, -0.05) is 13.8 Å². The van der Waals surface area contributed by atoms with Crippen LogP contribution >= 0.6 is 0 Å². The van der Waals surface area contributed by atoms with Gasteiger partial charge in [-0.2, -0.15) is 0 Å². The van der Waals surface area contributed by atoms with E-state index in [0.29, 0.717) is 11.8 Å². The first-order chi connectivity index (χ1) is 7.91. The molecule has 0 aromatic heterocycles. The molecule has 1 rings (SSSR count). The topological polar surface area (TPSA) is 52.6 Å². The van der Waals surface area contributed by atoms with Crippen LogP contribution in [-0.4, -0.2) is 47.7 Å². The van der Waals surface area contributed by atoms with Gasteiger partial charge in [-0.3, -0.25) is 9.69 Å². The molecule has 0 spiro atoms. The first kappa shape index (κ1) is 14.5. The third-order valence-corrected chi connectivity index (χ3v) is 3.55. The van der Waals surface area contributed by atoms with Crippen LogP contribution in [0.15, 0.2) is 0 Å². The lowest BCUT2D eigenvalue weighted by atomic mass is 10.0. The number of likely N-dealkylation sites (tertiary alicyclic amines) is 1. The van der Waals surface area contributed by atoms with E-state index in [1.165, 1.54) is 0 Å². The summed E-state index contributed by atoms with van der Waals surface area (Å²) in [6.07, 6.45) is 0.713. The molecule has 0 bridgehead atoms. The van der Waals surface area contributed by atoms with Gasteiger partial charge in [0.1, 0.15) is 0 Å². The van der Waals surface area contributed by atoms with E-state index < -0.39 is 0 Å². The number of carbonyl (C=O) groups excluding carboxylic acids is 1. The Morgan fingerprint density at radius 2 is 2.06 bits per heavy atom. The van der Waals surface area contributed by atoms with Crippen LogP contribution in [-0.2, 0) is 4.79 Å². The van der Waals surface area contributed by atoms with E-state index in [9.17, 15) is 9.90 Å². The number of nitrogens with one attached hydrogen (secondary N) is 1. The van der Waals surface area contributed by atoms with Gasteiger partial charge in [0.15, 0.2) is 0 Å².